The van der Waals surface area contributed by atoms with Crippen molar-refractivity contribution in [3.8, 4) is 0 Å². The van der Waals surface area contributed by atoms with Gasteiger partial charge in [0.15, 0.2) is 0 Å². The summed E-state index contributed by atoms with van der Waals surface area (Å²) in [6, 6.07) is 2.20. The Balaban J connectivity index is 2.34. The number of nitrogens with one attached hydrogen (secondary N) is 1. The van der Waals surface area contributed by atoms with Gasteiger partial charge >= 0.3 is 0 Å². The highest BCUT2D eigenvalue weighted by Gasteiger charge is 2.12. The summed E-state index contributed by atoms with van der Waals surface area (Å²) in [6.45, 7) is 7.27. The van der Waals surface area contributed by atoms with Crippen molar-refractivity contribution in [3.05, 3.63) is 10.9 Å². The van der Waals surface area contributed by atoms with Gasteiger partial charge in [0, 0.05) is 29.2 Å². The van der Waals surface area contributed by atoms with Crippen molar-refractivity contribution in [2.75, 3.05) is 24.2 Å². The summed E-state index contributed by atoms with van der Waals surface area (Å²) in [7, 11) is 0. The number of aryl methyl sites for hydroxylation is 1. The zero-order valence-corrected chi connectivity index (χ0v) is 13.8. The van der Waals surface area contributed by atoms with Gasteiger partial charge in [-0.25, -0.2) is 9.97 Å². The SMILES string of the molecule is CCNc1nc(SCC(C)CO)c2cc(CC)sc2n1. The van der Waals surface area contributed by atoms with Crippen LogP contribution in [0.1, 0.15) is 25.6 Å². The lowest BCUT2D eigenvalue weighted by Crippen LogP contribution is -2.05. The first-order valence-corrected chi connectivity index (χ1v) is 8.76. The van der Waals surface area contributed by atoms with E-state index in [0.29, 0.717) is 5.95 Å². The van der Waals surface area contributed by atoms with Crippen molar-refractivity contribution in [3.63, 3.8) is 0 Å². The Kier molecular flexibility index (Phi) is 5.63. The highest BCUT2D eigenvalue weighted by atomic mass is 32.2. The number of fused-ring (bicyclic) bond motifs is 1. The number of rotatable bonds is 7. The highest BCUT2D eigenvalue weighted by molar-refractivity contribution is 7.99. The van der Waals surface area contributed by atoms with Crippen LogP contribution in [0.25, 0.3) is 10.2 Å². The third-order valence-electron chi connectivity index (χ3n) is 2.91. The highest BCUT2D eigenvalue weighted by Crippen LogP contribution is 2.33. The van der Waals surface area contributed by atoms with Gasteiger partial charge in [0.2, 0.25) is 5.95 Å². The number of thioether (sulfide) groups is 1. The second-order valence-electron chi connectivity index (χ2n) is 4.77. The number of anilines is 1. The lowest BCUT2D eigenvalue weighted by atomic mass is 10.2. The van der Waals surface area contributed by atoms with E-state index in [-0.39, 0.29) is 12.5 Å². The van der Waals surface area contributed by atoms with Gasteiger partial charge in [-0.3, -0.25) is 0 Å². The van der Waals surface area contributed by atoms with Crippen LogP contribution in [0.4, 0.5) is 5.95 Å². The van der Waals surface area contributed by atoms with Gasteiger partial charge in [-0.1, -0.05) is 13.8 Å². The van der Waals surface area contributed by atoms with Gasteiger partial charge in [0.1, 0.15) is 9.86 Å². The summed E-state index contributed by atoms with van der Waals surface area (Å²) in [5.41, 5.74) is 0. The van der Waals surface area contributed by atoms with Crippen molar-refractivity contribution < 1.29 is 5.11 Å². The maximum Gasteiger partial charge on any atom is 0.225 e. The molecule has 0 amide bonds. The van der Waals surface area contributed by atoms with E-state index in [4.69, 9.17) is 5.11 Å². The van der Waals surface area contributed by atoms with Gasteiger partial charge in [0.05, 0.1) is 0 Å². The molecule has 2 aromatic heterocycles. The van der Waals surface area contributed by atoms with Crippen molar-refractivity contribution in [1.29, 1.82) is 0 Å². The van der Waals surface area contributed by atoms with E-state index in [1.165, 1.54) is 4.88 Å². The van der Waals surface area contributed by atoms with E-state index in [9.17, 15) is 0 Å². The standard InChI is InChI=1S/C14H21N3OS2/c1-4-10-6-11-12(19-8-9(3)7-18)16-14(15-5-2)17-13(11)20-10/h6,9,18H,4-5,7-8H2,1-3H3,(H,15,16,17). The third kappa shape index (κ3) is 3.62. The van der Waals surface area contributed by atoms with Crippen molar-refractivity contribution >= 4 is 39.3 Å². The second kappa shape index (κ2) is 7.24. The maximum absolute atomic E-state index is 9.15. The van der Waals surface area contributed by atoms with Crippen LogP contribution in [0.15, 0.2) is 11.1 Å². The number of aliphatic hydroxyl groups excluding tert-OH is 1. The minimum absolute atomic E-state index is 0.213. The Morgan fingerprint density at radius 3 is 2.85 bits per heavy atom. The average molecular weight is 311 g/mol. The van der Waals surface area contributed by atoms with Crippen molar-refractivity contribution in [2.24, 2.45) is 5.92 Å². The number of nitrogens with zero attached hydrogens (tertiary/aromatic N) is 2. The number of hydrogen-bond acceptors (Lipinski definition) is 6. The molecular formula is C14H21N3OS2. The minimum Gasteiger partial charge on any atom is -0.396 e. The molecule has 0 aromatic carbocycles. The summed E-state index contributed by atoms with van der Waals surface area (Å²) in [4.78, 5) is 11.6. The lowest BCUT2D eigenvalue weighted by molar-refractivity contribution is 0.250. The van der Waals surface area contributed by atoms with Crippen LogP contribution in [-0.2, 0) is 6.42 Å². The molecule has 2 heterocycles. The second-order valence-corrected chi connectivity index (χ2v) is 6.89. The molecule has 2 N–H and O–H groups in total. The van der Waals surface area contributed by atoms with E-state index in [1.807, 2.05) is 13.8 Å². The molecule has 0 bridgehead atoms. The van der Waals surface area contributed by atoms with Gasteiger partial charge in [-0.2, -0.15) is 0 Å². The number of aromatic nitrogens is 2. The molecule has 4 nitrogen and oxygen atoms in total. The fraction of sp³-hybridized carbons (Fsp3) is 0.571. The van der Waals surface area contributed by atoms with Crippen molar-refractivity contribution in [1.82, 2.24) is 9.97 Å². The Bertz CT molecular complexity index is 571. The van der Waals surface area contributed by atoms with Gasteiger partial charge in [-0.15, -0.1) is 23.1 Å². The molecule has 2 rings (SSSR count). The summed E-state index contributed by atoms with van der Waals surface area (Å²) < 4.78 is 0. The van der Waals surface area contributed by atoms with Gasteiger partial charge in [-0.05, 0) is 25.3 Å². The fourth-order valence-corrected chi connectivity index (χ4v) is 3.78. The lowest BCUT2D eigenvalue weighted by Gasteiger charge is -2.09. The van der Waals surface area contributed by atoms with E-state index in [1.54, 1.807) is 23.1 Å². The molecular weight excluding hydrogens is 290 g/mol. The Labute approximate surface area is 128 Å². The number of hydrogen-bond donors (Lipinski definition) is 2. The molecule has 0 saturated carbocycles. The largest absolute Gasteiger partial charge is 0.396 e. The van der Waals surface area contributed by atoms with Crippen LogP contribution < -0.4 is 5.32 Å². The molecule has 0 fully saturated rings. The number of thiophene rings is 1. The zero-order valence-electron chi connectivity index (χ0n) is 12.1. The summed E-state index contributed by atoms with van der Waals surface area (Å²) >= 11 is 3.44. The van der Waals surface area contributed by atoms with Crippen LogP contribution in [0.2, 0.25) is 0 Å². The van der Waals surface area contributed by atoms with E-state index < -0.39 is 0 Å². The summed E-state index contributed by atoms with van der Waals surface area (Å²) in [5.74, 6) is 1.84. The fourth-order valence-electron chi connectivity index (χ4n) is 1.74. The molecule has 1 atom stereocenters. The molecule has 2 aromatic rings. The first-order valence-electron chi connectivity index (χ1n) is 6.95. The molecule has 0 aliphatic heterocycles. The van der Waals surface area contributed by atoms with Crippen LogP contribution in [0.5, 0.6) is 0 Å². The Morgan fingerprint density at radius 2 is 2.20 bits per heavy atom. The Hall–Kier alpha value is -0.850. The monoisotopic (exact) mass is 311 g/mol. The van der Waals surface area contributed by atoms with Crippen LogP contribution in [0, 0.1) is 5.92 Å². The molecule has 0 aliphatic rings. The first-order chi connectivity index (χ1) is 9.67. The number of aliphatic hydroxyl groups is 1. The van der Waals surface area contributed by atoms with E-state index >= 15 is 0 Å². The molecule has 0 saturated heterocycles. The molecule has 110 valence electrons. The Morgan fingerprint density at radius 1 is 1.40 bits per heavy atom. The van der Waals surface area contributed by atoms with E-state index in [2.05, 4.69) is 28.3 Å². The molecule has 0 aliphatic carbocycles. The minimum atomic E-state index is 0.213. The summed E-state index contributed by atoms with van der Waals surface area (Å²) in [5, 5.41) is 14.5. The molecule has 6 heteroatoms. The zero-order chi connectivity index (χ0) is 14.5. The van der Waals surface area contributed by atoms with Crippen molar-refractivity contribution in [2.45, 2.75) is 32.2 Å². The van der Waals surface area contributed by atoms with Gasteiger partial charge in [0.25, 0.3) is 0 Å². The van der Waals surface area contributed by atoms with E-state index in [0.717, 1.165) is 34.0 Å². The molecule has 20 heavy (non-hydrogen) atoms. The topological polar surface area (TPSA) is 58.0 Å². The van der Waals surface area contributed by atoms with Crippen LogP contribution in [-0.4, -0.2) is 34.0 Å². The first kappa shape index (κ1) is 15.5. The van der Waals surface area contributed by atoms with Crippen LogP contribution >= 0.6 is 23.1 Å². The predicted octanol–water partition coefficient (Wildman–Crippen LogP) is 3.41. The van der Waals surface area contributed by atoms with Crippen LogP contribution in [0.3, 0.4) is 0 Å². The summed E-state index contributed by atoms with van der Waals surface area (Å²) in [6.07, 6.45) is 1.02. The molecule has 0 radical (unpaired) electrons. The van der Waals surface area contributed by atoms with Gasteiger partial charge < -0.3 is 10.4 Å². The predicted molar refractivity (Wildman–Crippen MR) is 87.9 cm³/mol. The maximum atomic E-state index is 9.15. The third-order valence-corrected chi connectivity index (χ3v) is 5.40. The normalized spacial score (nSPS) is 12.8. The average Bonchev–Trinajstić information content (AvgIpc) is 2.87. The smallest absolute Gasteiger partial charge is 0.225 e. The molecule has 0 spiro atoms. The molecule has 1 unspecified atom stereocenters. The quantitative estimate of drug-likeness (QED) is 0.606.